The normalized spacial score (nSPS) is 12.8. The zero-order chi connectivity index (χ0) is 19.1. The second-order valence-corrected chi connectivity index (χ2v) is 6.83. The lowest BCUT2D eigenvalue weighted by molar-refractivity contribution is 0.222. The Balaban J connectivity index is 1.59. The predicted octanol–water partition coefficient (Wildman–Crippen LogP) is 3.01. The summed E-state index contributed by atoms with van der Waals surface area (Å²) in [6.45, 7) is 5.87. The van der Waals surface area contributed by atoms with E-state index in [1.165, 1.54) is 0 Å². The van der Waals surface area contributed by atoms with Crippen LogP contribution in [-0.4, -0.2) is 39.8 Å². The summed E-state index contributed by atoms with van der Waals surface area (Å²) in [6.07, 6.45) is 1.91. The number of para-hydroxylation sites is 1. The molecule has 7 nitrogen and oxygen atoms in total. The highest BCUT2D eigenvalue weighted by Gasteiger charge is 2.09. The second kappa shape index (κ2) is 9.36. The van der Waals surface area contributed by atoms with Gasteiger partial charge in [-0.05, 0) is 54.0 Å². The fourth-order valence-corrected chi connectivity index (χ4v) is 2.91. The second-order valence-electron chi connectivity index (χ2n) is 5.98. The van der Waals surface area contributed by atoms with Crippen molar-refractivity contribution in [3.63, 3.8) is 0 Å². The van der Waals surface area contributed by atoms with E-state index in [1.54, 1.807) is 0 Å². The predicted molar refractivity (Wildman–Crippen MR) is 110 cm³/mol. The van der Waals surface area contributed by atoms with E-state index in [1.807, 2.05) is 66.9 Å². The molecular formula is C19H23BrN6O. The number of halogens is 1. The molecule has 27 heavy (non-hydrogen) atoms. The fourth-order valence-electron chi connectivity index (χ4n) is 2.53. The van der Waals surface area contributed by atoms with E-state index in [0.29, 0.717) is 19.0 Å². The van der Waals surface area contributed by atoms with Crippen LogP contribution < -0.4 is 15.4 Å². The van der Waals surface area contributed by atoms with Gasteiger partial charge in [0.25, 0.3) is 0 Å². The molecule has 1 unspecified atom stereocenters. The maximum Gasteiger partial charge on any atom is 0.191 e. The van der Waals surface area contributed by atoms with Crippen LogP contribution in [0.2, 0.25) is 0 Å². The molecule has 0 spiro atoms. The quantitative estimate of drug-likeness (QED) is 0.445. The lowest BCUT2D eigenvalue weighted by Gasteiger charge is -2.18. The first kappa shape index (κ1) is 19.2. The zero-order valence-corrected chi connectivity index (χ0v) is 17.0. The SMILES string of the molecule is CCNC(=NCc1nnc2ccccn12)NCC(C)Oc1ccccc1Br. The minimum absolute atomic E-state index is 0.0264. The van der Waals surface area contributed by atoms with Crippen molar-refractivity contribution in [2.45, 2.75) is 26.5 Å². The van der Waals surface area contributed by atoms with Crippen LogP contribution in [0.25, 0.3) is 5.65 Å². The number of benzene rings is 1. The highest BCUT2D eigenvalue weighted by atomic mass is 79.9. The summed E-state index contributed by atoms with van der Waals surface area (Å²) < 4.78 is 8.84. The summed E-state index contributed by atoms with van der Waals surface area (Å²) in [5.74, 6) is 2.33. The Morgan fingerprint density at radius 1 is 1.19 bits per heavy atom. The number of guanidine groups is 1. The number of ether oxygens (including phenoxy) is 1. The Hall–Kier alpha value is -2.61. The van der Waals surface area contributed by atoms with E-state index < -0.39 is 0 Å². The van der Waals surface area contributed by atoms with Gasteiger partial charge in [-0.2, -0.15) is 0 Å². The van der Waals surface area contributed by atoms with Gasteiger partial charge in [-0.3, -0.25) is 4.40 Å². The molecular weight excluding hydrogens is 408 g/mol. The van der Waals surface area contributed by atoms with Crippen LogP contribution in [0, 0.1) is 0 Å². The van der Waals surface area contributed by atoms with Gasteiger partial charge in [-0.25, -0.2) is 4.99 Å². The Kier molecular flexibility index (Phi) is 6.64. The first-order valence-corrected chi connectivity index (χ1v) is 9.68. The Morgan fingerprint density at radius 2 is 2.00 bits per heavy atom. The third-order valence-corrected chi connectivity index (χ3v) is 4.48. The third-order valence-electron chi connectivity index (χ3n) is 3.83. The van der Waals surface area contributed by atoms with Crippen molar-refractivity contribution in [1.29, 1.82) is 0 Å². The van der Waals surface area contributed by atoms with Gasteiger partial charge in [-0.1, -0.05) is 18.2 Å². The number of aromatic nitrogens is 3. The molecule has 2 N–H and O–H groups in total. The molecule has 2 aromatic heterocycles. The summed E-state index contributed by atoms with van der Waals surface area (Å²) in [7, 11) is 0. The highest BCUT2D eigenvalue weighted by Crippen LogP contribution is 2.24. The van der Waals surface area contributed by atoms with Crippen LogP contribution in [0.3, 0.4) is 0 Å². The molecule has 0 saturated carbocycles. The van der Waals surface area contributed by atoms with Crippen molar-refractivity contribution in [2.75, 3.05) is 13.1 Å². The number of pyridine rings is 1. The molecule has 0 amide bonds. The molecule has 3 rings (SSSR count). The van der Waals surface area contributed by atoms with Crippen molar-refractivity contribution < 1.29 is 4.74 Å². The van der Waals surface area contributed by atoms with Crippen molar-refractivity contribution in [1.82, 2.24) is 25.2 Å². The number of rotatable bonds is 7. The highest BCUT2D eigenvalue weighted by molar-refractivity contribution is 9.10. The lowest BCUT2D eigenvalue weighted by Crippen LogP contribution is -2.41. The molecule has 8 heteroatoms. The van der Waals surface area contributed by atoms with Crippen molar-refractivity contribution >= 4 is 27.5 Å². The Bertz CT molecular complexity index is 910. The molecule has 142 valence electrons. The number of aliphatic imine (C=N–C) groups is 1. The largest absolute Gasteiger partial charge is 0.488 e. The van der Waals surface area contributed by atoms with Crippen LogP contribution in [0.15, 0.2) is 58.1 Å². The van der Waals surface area contributed by atoms with E-state index in [-0.39, 0.29) is 6.10 Å². The summed E-state index contributed by atoms with van der Waals surface area (Å²) in [5, 5.41) is 14.9. The first-order valence-electron chi connectivity index (χ1n) is 8.89. The standard InChI is InChI=1S/C19H23BrN6O/c1-3-21-19(22-12-14(2)27-16-9-5-4-8-15(16)20)23-13-18-25-24-17-10-6-7-11-26(17)18/h4-11,14H,3,12-13H2,1-2H3,(H2,21,22,23). The van der Waals surface area contributed by atoms with Gasteiger partial charge in [0, 0.05) is 12.7 Å². The number of fused-ring (bicyclic) bond motifs is 1. The molecule has 0 bridgehead atoms. The van der Waals surface area contributed by atoms with E-state index in [9.17, 15) is 0 Å². The molecule has 0 radical (unpaired) electrons. The summed E-state index contributed by atoms with van der Waals surface area (Å²) >= 11 is 3.50. The van der Waals surface area contributed by atoms with Crippen LogP contribution in [0.5, 0.6) is 5.75 Å². The fraction of sp³-hybridized carbons (Fsp3) is 0.316. The molecule has 0 saturated heterocycles. The Morgan fingerprint density at radius 3 is 2.81 bits per heavy atom. The molecule has 0 aliphatic rings. The van der Waals surface area contributed by atoms with E-state index >= 15 is 0 Å². The van der Waals surface area contributed by atoms with Crippen LogP contribution in [0.1, 0.15) is 19.7 Å². The van der Waals surface area contributed by atoms with E-state index in [4.69, 9.17) is 4.74 Å². The Labute approximate surface area is 167 Å². The topological polar surface area (TPSA) is 75.8 Å². The number of nitrogens with zero attached hydrogens (tertiary/aromatic N) is 4. The summed E-state index contributed by atoms with van der Waals surface area (Å²) in [5.41, 5.74) is 0.816. The smallest absolute Gasteiger partial charge is 0.191 e. The number of hydrogen-bond acceptors (Lipinski definition) is 4. The van der Waals surface area contributed by atoms with Gasteiger partial charge in [0.05, 0.1) is 11.0 Å². The van der Waals surface area contributed by atoms with Crippen molar-refractivity contribution in [2.24, 2.45) is 4.99 Å². The first-order chi connectivity index (χ1) is 13.2. The van der Waals surface area contributed by atoms with E-state index in [0.717, 1.165) is 28.2 Å². The molecule has 0 aliphatic heterocycles. The maximum absolute atomic E-state index is 5.96. The van der Waals surface area contributed by atoms with Crippen LogP contribution in [-0.2, 0) is 6.54 Å². The third kappa shape index (κ3) is 5.19. The average Bonchev–Trinajstić information content (AvgIpc) is 3.09. The maximum atomic E-state index is 5.96. The monoisotopic (exact) mass is 430 g/mol. The zero-order valence-electron chi connectivity index (χ0n) is 15.4. The molecule has 1 atom stereocenters. The summed E-state index contributed by atoms with van der Waals surface area (Å²) in [4.78, 5) is 4.61. The summed E-state index contributed by atoms with van der Waals surface area (Å²) in [6, 6.07) is 13.6. The molecule has 2 heterocycles. The van der Waals surface area contributed by atoms with Gasteiger partial charge in [0.2, 0.25) is 0 Å². The van der Waals surface area contributed by atoms with Crippen LogP contribution in [0.4, 0.5) is 0 Å². The minimum atomic E-state index is -0.0264. The molecule has 1 aromatic carbocycles. The van der Waals surface area contributed by atoms with Crippen LogP contribution >= 0.6 is 15.9 Å². The lowest BCUT2D eigenvalue weighted by atomic mass is 10.3. The number of hydrogen-bond donors (Lipinski definition) is 2. The van der Waals surface area contributed by atoms with Gasteiger partial charge >= 0.3 is 0 Å². The van der Waals surface area contributed by atoms with Gasteiger partial charge in [0.15, 0.2) is 17.4 Å². The van der Waals surface area contributed by atoms with Gasteiger partial charge in [0.1, 0.15) is 18.4 Å². The number of nitrogens with one attached hydrogen (secondary N) is 2. The molecule has 3 aromatic rings. The van der Waals surface area contributed by atoms with E-state index in [2.05, 4.69) is 41.8 Å². The van der Waals surface area contributed by atoms with Gasteiger partial charge < -0.3 is 15.4 Å². The minimum Gasteiger partial charge on any atom is -0.488 e. The molecule has 0 aliphatic carbocycles. The van der Waals surface area contributed by atoms with Crippen molar-refractivity contribution in [3.05, 3.63) is 59.0 Å². The average molecular weight is 431 g/mol. The molecule has 0 fully saturated rings. The van der Waals surface area contributed by atoms with Crippen molar-refractivity contribution in [3.8, 4) is 5.75 Å². The van der Waals surface area contributed by atoms with Gasteiger partial charge in [-0.15, -0.1) is 10.2 Å².